The summed E-state index contributed by atoms with van der Waals surface area (Å²) in [5.74, 6) is -0.120. The number of benzene rings is 1. The Kier molecular flexibility index (Phi) is 2.79. The summed E-state index contributed by atoms with van der Waals surface area (Å²) in [6.07, 6.45) is 1.10. The number of aromatic hydroxyl groups is 1. The van der Waals surface area contributed by atoms with Gasteiger partial charge in [0.25, 0.3) is 0 Å². The molecule has 1 aliphatic rings. The molecule has 16 heavy (non-hydrogen) atoms. The Morgan fingerprint density at radius 1 is 1.38 bits per heavy atom. The fourth-order valence-electron chi connectivity index (χ4n) is 2.34. The Morgan fingerprint density at radius 2 is 2.00 bits per heavy atom. The molecule has 0 aliphatic heterocycles. The van der Waals surface area contributed by atoms with Crippen LogP contribution in [0.15, 0.2) is 12.1 Å². The van der Waals surface area contributed by atoms with Gasteiger partial charge in [-0.2, -0.15) is 0 Å². The van der Waals surface area contributed by atoms with Gasteiger partial charge in [-0.05, 0) is 29.5 Å². The lowest BCUT2D eigenvalue weighted by Gasteiger charge is -2.16. The van der Waals surface area contributed by atoms with E-state index in [0.717, 1.165) is 18.1 Å². The summed E-state index contributed by atoms with van der Waals surface area (Å²) < 4.78 is 13.1. The maximum absolute atomic E-state index is 13.1. The van der Waals surface area contributed by atoms with Crippen LogP contribution in [-0.2, 0) is 0 Å². The quantitative estimate of drug-likeness (QED) is 0.781. The van der Waals surface area contributed by atoms with Crippen LogP contribution < -0.4 is 0 Å². The van der Waals surface area contributed by atoms with E-state index in [2.05, 4.69) is 19.6 Å². The molecular weight excluding hydrogens is 243 g/mol. The van der Waals surface area contributed by atoms with Crippen molar-refractivity contribution in [2.24, 2.45) is 0 Å². The van der Waals surface area contributed by atoms with Gasteiger partial charge >= 0.3 is 0 Å². The lowest BCUT2D eigenvalue weighted by Crippen LogP contribution is -2.20. The highest BCUT2D eigenvalue weighted by Gasteiger charge is 2.47. The smallest absolute Gasteiger partial charge is 0.145 e. The number of phenols is 1. The first-order valence-corrected chi connectivity index (χ1v) is 9.44. The van der Waals surface area contributed by atoms with Crippen molar-refractivity contribution in [2.75, 3.05) is 0 Å². The van der Waals surface area contributed by atoms with E-state index in [1.54, 1.807) is 6.07 Å². The molecule has 1 aromatic carbocycles. The van der Waals surface area contributed by atoms with E-state index in [0.29, 0.717) is 11.5 Å². The van der Waals surface area contributed by atoms with E-state index in [4.69, 9.17) is 11.6 Å². The van der Waals surface area contributed by atoms with Crippen LogP contribution in [0.5, 0.6) is 5.75 Å². The maximum Gasteiger partial charge on any atom is 0.145 e. The zero-order valence-electron chi connectivity index (χ0n) is 9.72. The Labute approximate surface area is 101 Å². The number of halogens is 2. The molecule has 0 radical (unpaired) electrons. The lowest BCUT2D eigenvalue weighted by atomic mass is 10.1. The first-order chi connectivity index (χ1) is 7.30. The second-order valence-corrected chi connectivity index (χ2v) is 11.5. The standard InChI is InChI=1S/C12H16ClFOSi/c1-16(2,3)12-5-8(12)7-4-9(13)10(14)6-11(7)15/h4,6,8,12,15H,5H2,1-3H3/t8-,12+/m0/s1. The number of phenolic OH excluding ortho intramolecular Hbond substituents is 1. The van der Waals surface area contributed by atoms with Gasteiger partial charge < -0.3 is 5.11 Å². The monoisotopic (exact) mass is 258 g/mol. The average Bonchev–Trinajstić information content (AvgIpc) is 2.89. The van der Waals surface area contributed by atoms with Gasteiger partial charge in [-0.1, -0.05) is 31.2 Å². The normalized spacial score (nSPS) is 24.6. The van der Waals surface area contributed by atoms with Crippen molar-refractivity contribution in [3.63, 3.8) is 0 Å². The molecule has 2 atom stereocenters. The summed E-state index contributed by atoms with van der Waals surface area (Å²) >= 11 is 5.74. The minimum atomic E-state index is -1.17. The number of rotatable bonds is 2. The SMILES string of the molecule is C[Si](C)(C)[C@@H]1C[C@H]1c1cc(Cl)c(F)cc1O. The molecule has 0 aromatic heterocycles. The summed E-state index contributed by atoms with van der Waals surface area (Å²) in [4.78, 5) is 0. The molecule has 1 saturated carbocycles. The van der Waals surface area contributed by atoms with Crippen molar-refractivity contribution in [3.8, 4) is 5.75 Å². The zero-order valence-corrected chi connectivity index (χ0v) is 11.5. The van der Waals surface area contributed by atoms with Crippen molar-refractivity contribution in [2.45, 2.75) is 37.5 Å². The third kappa shape index (κ3) is 2.11. The average molecular weight is 259 g/mol. The van der Waals surface area contributed by atoms with Gasteiger partial charge in [0.1, 0.15) is 11.6 Å². The Morgan fingerprint density at radius 3 is 2.50 bits per heavy atom. The second kappa shape index (κ2) is 3.74. The van der Waals surface area contributed by atoms with Gasteiger partial charge in [0.05, 0.1) is 5.02 Å². The molecule has 1 aliphatic carbocycles. The van der Waals surface area contributed by atoms with E-state index in [1.165, 1.54) is 0 Å². The topological polar surface area (TPSA) is 20.2 Å². The predicted molar refractivity (Wildman–Crippen MR) is 67.5 cm³/mol. The molecule has 0 unspecified atom stereocenters. The maximum atomic E-state index is 13.1. The van der Waals surface area contributed by atoms with Crippen molar-refractivity contribution >= 4 is 19.7 Å². The Balaban J connectivity index is 2.28. The van der Waals surface area contributed by atoms with Crippen LogP contribution in [0.25, 0.3) is 0 Å². The van der Waals surface area contributed by atoms with E-state index >= 15 is 0 Å². The third-order valence-electron chi connectivity index (χ3n) is 3.37. The molecular formula is C12H16ClFOSi. The van der Waals surface area contributed by atoms with Crippen LogP contribution in [0, 0.1) is 5.82 Å². The third-order valence-corrected chi connectivity index (χ3v) is 6.52. The summed E-state index contributed by atoms with van der Waals surface area (Å²) in [7, 11) is -1.17. The van der Waals surface area contributed by atoms with Crippen LogP contribution in [0.1, 0.15) is 17.9 Å². The highest BCUT2D eigenvalue weighted by atomic mass is 35.5. The Bertz CT molecular complexity index is 428. The fourth-order valence-corrected chi connectivity index (χ4v) is 4.86. The predicted octanol–water partition coefficient (Wildman–Crippen LogP) is 4.38. The van der Waals surface area contributed by atoms with Gasteiger partial charge in [-0.25, -0.2) is 4.39 Å². The van der Waals surface area contributed by atoms with Crippen molar-refractivity contribution in [1.29, 1.82) is 0 Å². The lowest BCUT2D eigenvalue weighted by molar-refractivity contribution is 0.462. The van der Waals surface area contributed by atoms with Gasteiger partial charge in [0, 0.05) is 14.1 Å². The molecule has 1 N–H and O–H groups in total. The number of hydrogen-bond acceptors (Lipinski definition) is 1. The van der Waals surface area contributed by atoms with E-state index < -0.39 is 13.9 Å². The highest BCUT2D eigenvalue weighted by molar-refractivity contribution is 6.78. The van der Waals surface area contributed by atoms with Crippen molar-refractivity contribution in [3.05, 3.63) is 28.5 Å². The van der Waals surface area contributed by atoms with E-state index in [9.17, 15) is 9.50 Å². The summed E-state index contributed by atoms with van der Waals surface area (Å²) in [6.45, 7) is 6.96. The van der Waals surface area contributed by atoms with Crippen molar-refractivity contribution in [1.82, 2.24) is 0 Å². The van der Waals surface area contributed by atoms with Crippen LogP contribution >= 0.6 is 11.6 Å². The van der Waals surface area contributed by atoms with Crippen LogP contribution in [0.3, 0.4) is 0 Å². The van der Waals surface area contributed by atoms with Gasteiger partial charge in [-0.15, -0.1) is 0 Å². The van der Waals surface area contributed by atoms with Crippen LogP contribution in [-0.4, -0.2) is 13.2 Å². The molecule has 0 bridgehead atoms. The molecule has 0 saturated heterocycles. The van der Waals surface area contributed by atoms with Gasteiger partial charge in [-0.3, -0.25) is 0 Å². The largest absolute Gasteiger partial charge is 0.508 e. The highest BCUT2D eigenvalue weighted by Crippen LogP contribution is 2.60. The molecule has 4 heteroatoms. The first kappa shape index (κ1) is 11.9. The number of hydrogen-bond donors (Lipinski definition) is 1. The molecule has 1 aromatic rings. The summed E-state index contributed by atoms with van der Waals surface area (Å²) in [6, 6.07) is 2.70. The van der Waals surface area contributed by atoms with Crippen molar-refractivity contribution < 1.29 is 9.50 Å². The minimum absolute atomic E-state index is 0.0488. The summed E-state index contributed by atoms with van der Waals surface area (Å²) in [5.41, 5.74) is 1.50. The first-order valence-electron chi connectivity index (χ1n) is 5.48. The van der Waals surface area contributed by atoms with E-state index in [1.807, 2.05) is 0 Å². The summed E-state index contributed by atoms with van der Waals surface area (Å²) in [5, 5.41) is 9.83. The Hall–Kier alpha value is -0.543. The molecule has 1 nitrogen and oxygen atoms in total. The molecule has 2 rings (SSSR count). The molecule has 0 spiro atoms. The van der Waals surface area contributed by atoms with Crippen LogP contribution in [0.2, 0.25) is 30.2 Å². The van der Waals surface area contributed by atoms with Gasteiger partial charge in [0.2, 0.25) is 0 Å². The van der Waals surface area contributed by atoms with Gasteiger partial charge in [0.15, 0.2) is 0 Å². The molecule has 0 heterocycles. The van der Waals surface area contributed by atoms with E-state index in [-0.39, 0.29) is 10.8 Å². The molecule has 0 amide bonds. The minimum Gasteiger partial charge on any atom is -0.508 e. The van der Waals surface area contributed by atoms with Crippen LogP contribution in [0.4, 0.5) is 4.39 Å². The second-order valence-electron chi connectivity index (χ2n) is 5.64. The fraction of sp³-hybridized carbons (Fsp3) is 0.500. The zero-order chi connectivity index (χ0) is 12.1. The molecule has 1 fully saturated rings. The molecule has 88 valence electrons.